The van der Waals surface area contributed by atoms with Crippen LogP contribution in [0.25, 0.3) is 21.9 Å². The maximum Gasteiger partial charge on any atom is 0.200 e. The first-order valence-corrected chi connectivity index (χ1v) is 7.71. The van der Waals surface area contributed by atoms with Gasteiger partial charge in [-0.3, -0.25) is 0 Å². The number of fused-ring (bicyclic) bond motifs is 1. The number of phenolic OH excluding ortho intramolecular Hbond substituents is 1. The highest BCUT2D eigenvalue weighted by molar-refractivity contribution is 6.04. The van der Waals surface area contributed by atoms with Crippen LogP contribution in [-0.4, -0.2) is 33.4 Å². The molecule has 0 spiro atoms. The van der Waals surface area contributed by atoms with E-state index in [1.54, 1.807) is 0 Å². The summed E-state index contributed by atoms with van der Waals surface area (Å²) in [6, 6.07) is 16.1. The number of methoxy groups -OCH3 is 2. The molecule has 3 aromatic carbocycles. The molecule has 0 atom stereocenters. The summed E-state index contributed by atoms with van der Waals surface area (Å²) in [7, 11) is 7.14. The molecule has 0 aliphatic carbocycles. The minimum absolute atomic E-state index is 0.0120. The number of benzene rings is 3. The second-order valence-electron chi connectivity index (χ2n) is 5.80. The van der Waals surface area contributed by atoms with Crippen LogP contribution in [0.15, 0.2) is 48.5 Å². The molecular formula is C20H21NO3. The van der Waals surface area contributed by atoms with Gasteiger partial charge in [-0.05, 0) is 34.7 Å². The molecule has 0 amide bonds. The first kappa shape index (κ1) is 16.0. The highest BCUT2D eigenvalue weighted by atomic mass is 16.5. The molecular weight excluding hydrogens is 302 g/mol. The third-order valence-electron chi connectivity index (χ3n) is 4.17. The van der Waals surface area contributed by atoms with E-state index < -0.39 is 0 Å². The van der Waals surface area contributed by atoms with Crippen LogP contribution in [0.2, 0.25) is 0 Å². The lowest BCUT2D eigenvalue weighted by molar-refractivity contribution is 0.340. The summed E-state index contributed by atoms with van der Waals surface area (Å²) in [4.78, 5) is 2.10. The Morgan fingerprint density at radius 2 is 1.42 bits per heavy atom. The molecule has 1 N–H and O–H groups in total. The van der Waals surface area contributed by atoms with Gasteiger partial charge in [-0.25, -0.2) is 0 Å². The largest absolute Gasteiger partial charge is 0.502 e. The minimum atomic E-state index is 0.0120. The third kappa shape index (κ3) is 2.60. The first-order valence-electron chi connectivity index (χ1n) is 7.71. The van der Waals surface area contributed by atoms with Gasteiger partial charge in [0, 0.05) is 25.2 Å². The monoisotopic (exact) mass is 323 g/mol. The van der Waals surface area contributed by atoms with Gasteiger partial charge in [-0.2, -0.15) is 0 Å². The molecule has 0 radical (unpaired) electrons. The van der Waals surface area contributed by atoms with Gasteiger partial charge in [-0.1, -0.05) is 30.3 Å². The molecule has 0 bridgehead atoms. The summed E-state index contributed by atoms with van der Waals surface area (Å²) in [6.45, 7) is 0. The zero-order valence-corrected chi connectivity index (χ0v) is 14.3. The smallest absolute Gasteiger partial charge is 0.200 e. The van der Waals surface area contributed by atoms with Gasteiger partial charge in [0.05, 0.1) is 14.2 Å². The predicted molar refractivity (Wildman–Crippen MR) is 98.5 cm³/mol. The molecule has 0 aliphatic heterocycles. The standard InChI is InChI=1S/C20H21NO3/c1-21(2)17-10-9-14(15-7-5-6-8-16(15)17)13-11-18(23-3)20(22)19(12-13)24-4/h5-12,22H,1-4H3. The van der Waals surface area contributed by atoms with Gasteiger partial charge in [-0.15, -0.1) is 0 Å². The molecule has 0 saturated carbocycles. The number of hydrogen-bond donors (Lipinski definition) is 1. The Bertz CT molecular complexity index is 862. The Morgan fingerprint density at radius 1 is 0.833 bits per heavy atom. The molecule has 0 heterocycles. The Balaban J connectivity index is 2.30. The lowest BCUT2D eigenvalue weighted by Gasteiger charge is -2.18. The average molecular weight is 323 g/mol. The van der Waals surface area contributed by atoms with Gasteiger partial charge >= 0.3 is 0 Å². The SMILES string of the molecule is COc1cc(-c2ccc(N(C)C)c3ccccc23)cc(OC)c1O. The van der Waals surface area contributed by atoms with E-state index in [0.29, 0.717) is 11.5 Å². The summed E-state index contributed by atoms with van der Waals surface area (Å²) in [5.41, 5.74) is 3.16. The van der Waals surface area contributed by atoms with Crippen molar-refractivity contribution < 1.29 is 14.6 Å². The van der Waals surface area contributed by atoms with Crippen LogP contribution < -0.4 is 14.4 Å². The maximum atomic E-state index is 10.1. The summed E-state index contributed by atoms with van der Waals surface area (Å²) >= 11 is 0. The quantitative estimate of drug-likeness (QED) is 0.777. The molecule has 0 aromatic heterocycles. The van der Waals surface area contributed by atoms with Crippen molar-refractivity contribution in [3.8, 4) is 28.4 Å². The van der Waals surface area contributed by atoms with Crippen LogP contribution in [0.4, 0.5) is 5.69 Å². The maximum absolute atomic E-state index is 10.1. The van der Waals surface area contributed by atoms with Gasteiger partial charge in [0.25, 0.3) is 0 Å². The van der Waals surface area contributed by atoms with E-state index in [-0.39, 0.29) is 5.75 Å². The van der Waals surface area contributed by atoms with Crippen molar-refractivity contribution in [3.05, 3.63) is 48.5 Å². The van der Waals surface area contributed by atoms with E-state index in [1.807, 2.05) is 38.4 Å². The number of hydrogen-bond acceptors (Lipinski definition) is 4. The molecule has 0 aliphatic rings. The van der Waals surface area contributed by atoms with Gasteiger partial charge in [0.2, 0.25) is 5.75 Å². The number of aromatic hydroxyl groups is 1. The van der Waals surface area contributed by atoms with Crippen molar-refractivity contribution in [2.75, 3.05) is 33.2 Å². The number of anilines is 1. The van der Waals surface area contributed by atoms with E-state index in [1.165, 1.54) is 19.6 Å². The Hall–Kier alpha value is -2.88. The summed E-state index contributed by atoms with van der Waals surface area (Å²) < 4.78 is 10.6. The number of phenols is 1. The topological polar surface area (TPSA) is 41.9 Å². The molecule has 0 unspecified atom stereocenters. The number of ether oxygens (including phenoxy) is 2. The average Bonchev–Trinajstić information content (AvgIpc) is 2.61. The lowest BCUT2D eigenvalue weighted by Crippen LogP contribution is -2.09. The van der Waals surface area contributed by atoms with Gasteiger partial charge in [0.15, 0.2) is 11.5 Å². The molecule has 24 heavy (non-hydrogen) atoms. The highest BCUT2D eigenvalue weighted by Crippen LogP contribution is 2.42. The van der Waals surface area contributed by atoms with Crippen molar-refractivity contribution in [1.82, 2.24) is 0 Å². The fourth-order valence-electron chi connectivity index (χ4n) is 2.97. The van der Waals surface area contributed by atoms with Crippen molar-refractivity contribution in [1.29, 1.82) is 0 Å². The van der Waals surface area contributed by atoms with Crippen LogP contribution in [0.5, 0.6) is 17.2 Å². The normalized spacial score (nSPS) is 10.7. The van der Waals surface area contributed by atoms with Crippen LogP contribution in [0.1, 0.15) is 0 Å². The van der Waals surface area contributed by atoms with Gasteiger partial charge in [0.1, 0.15) is 0 Å². The van der Waals surface area contributed by atoms with Crippen LogP contribution in [0.3, 0.4) is 0 Å². The first-order chi connectivity index (χ1) is 11.6. The molecule has 3 rings (SSSR count). The van der Waals surface area contributed by atoms with Crippen molar-refractivity contribution in [3.63, 3.8) is 0 Å². The number of rotatable bonds is 4. The molecule has 4 heteroatoms. The van der Waals surface area contributed by atoms with E-state index in [4.69, 9.17) is 9.47 Å². The molecule has 4 nitrogen and oxygen atoms in total. The van der Waals surface area contributed by atoms with E-state index >= 15 is 0 Å². The second kappa shape index (κ2) is 6.32. The van der Waals surface area contributed by atoms with Gasteiger partial charge < -0.3 is 19.5 Å². The van der Waals surface area contributed by atoms with Crippen LogP contribution in [0, 0.1) is 0 Å². The van der Waals surface area contributed by atoms with Crippen molar-refractivity contribution in [2.24, 2.45) is 0 Å². The van der Waals surface area contributed by atoms with E-state index in [9.17, 15) is 5.11 Å². The van der Waals surface area contributed by atoms with Crippen LogP contribution >= 0.6 is 0 Å². The Labute approximate surface area is 141 Å². The lowest BCUT2D eigenvalue weighted by atomic mass is 9.96. The summed E-state index contributed by atoms with van der Waals surface area (Å²) in [6.07, 6.45) is 0. The van der Waals surface area contributed by atoms with E-state index in [2.05, 4.69) is 29.2 Å². The fourth-order valence-corrected chi connectivity index (χ4v) is 2.97. The third-order valence-corrected chi connectivity index (χ3v) is 4.17. The fraction of sp³-hybridized carbons (Fsp3) is 0.200. The minimum Gasteiger partial charge on any atom is -0.502 e. The summed E-state index contributed by atoms with van der Waals surface area (Å²) in [5, 5.41) is 12.4. The number of nitrogens with zero attached hydrogens (tertiary/aromatic N) is 1. The zero-order chi connectivity index (χ0) is 17.3. The van der Waals surface area contributed by atoms with Crippen molar-refractivity contribution in [2.45, 2.75) is 0 Å². The highest BCUT2D eigenvalue weighted by Gasteiger charge is 2.15. The Kier molecular flexibility index (Phi) is 4.21. The molecule has 0 saturated heterocycles. The molecule has 124 valence electrons. The molecule has 3 aromatic rings. The predicted octanol–water partition coefficient (Wildman–Crippen LogP) is 4.30. The second-order valence-corrected chi connectivity index (χ2v) is 5.80. The van der Waals surface area contributed by atoms with Crippen LogP contribution in [-0.2, 0) is 0 Å². The zero-order valence-electron chi connectivity index (χ0n) is 14.3. The molecule has 0 fully saturated rings. The van der Waals surface area contributed by atoms with E-state index in [0.717, 1.165) is 22.2 Å². The summed E-state index contributed by atoms with van der Waals surface area (Å²) in [5.74, 6) is 0.799. The van der Waals surface area contributed by atoms with Crippen molar-refractivity contribution >= 4 is 16.5 Å². The Morgan fingerprint density at radius 3 is 1.96 bits per heavy atom.